The van der Waals surface area contributed by atoms with Gasteiger partial charge >= 0.3 is 11.9 Å². The molecule has 0 unspecified atom stereocenters. The molecule has 0 aliphatic heterocycles. The van der Waals surface area contributed by atoms with Crippen molar-refractivity contribution in [2.45, 2.75) is 19.3 Å². The van der Waals surface area contributed by atoms with Gasteiger partial charge in [0, 0.05) is 24.2 Å². The molecule has 5 aromatic rings. The van der Waals surface area contributed by atoms with E-state index in [1.807, 2.05) is 41.3 Å². The Morgan fingerprint density at radius 1 is 0.914 bits per heavy atom. The molecule has 0 radical (unpaired) electrons. The quantitative estimate of drug-likeness (QED) is 0.370. The molecule has 0 atom stereocenters. The highest BCUT2D eigenvalue weighted by Crippen LogP contribution is 2.31. The van der Waals surface area contributed by atoms with Gasteiger partial charge in [0.15, 0.2) is 0 Å². The minimum Gasteiger partial charge on any atom is -0.334 e. The third-order valence-electron chi connectivity index (χ3n) is 5.52. The molecule has 10 heteroatoms. The first-order valence-electron chi connectivity index (χ1n) is 10.7. The summed E-state index contributed by atoms with van der Waals surface area (Å²) in [5.74, 6) is 0. The van der Waals surface area contributed by atoms with E-state index in [2.05, 4.69) is 19.9 Å². The molecule has 35 heavy (non-hydrogen) atoms. The van der Waals surface area contributed by atoms with Crippen LogP contribution in [0.5, 0.6) is 0 Å². The monoisotopic (exact) mass is 476 g/mol. The number of fused-ring (bicyclic) bond motifs is 1. The molecule has 1 aromatic carbocycles. The Balaban J connectivity index is 1.55. The Morgan fingerprint density at radius 3 is 2.23 bits per heavy atom. The minimum absolute atomic E-state index is 0.181. The first-order chi connectivity index (χ1) is 16.9. The van der Waals surface area contributed by atoms with E-state index >= 15 is 0 Å². The van der Waals surface area contributed by atoms with Gasteiger partial charge in [-0.3, -0.25) is 19.5 Å². The van der Waals surface area contributed by atoms with E-state index in [4.69, 9.17) is 0 Å². The van der Waals surface area contributed by atoms with Crippen molar-refractivity contribution in [3.8, 4) is 11.3 Å². The van der Waals surface area contributed by atoms with Crippen LogP contribution in [0.3, 0.4) is 0 Å². The van der Waals surface area contributed by atoms with Crippen LogP contribution in [-0.4, -0.2) is 30.7 Å². The van der Waals surface area contributed by atoms with Gasteiger partial charge in [0.05, 0.1) is 47.0 Å². The van der Waals surface area contributed by atoms with E-state index in [0.29, 0.717) is 27.9 Å². The summed E-state index contributed by atoms with van der Waals surface area (Å²) in [4.78, 5) is 29.7. The van der Waals surface area contributed by atoms with Crippen molar-refractivity contribution in [1.29, 1.82) is 0 Å². The second-order valence-corrected chi connectivity index (χ2v) is 7.88. The fourth-order valence-electron chi connectivity index (χ4n) is 4.00. The second-order valence-electron chi connectivity index (χ2n) is 7.88. The summed E-state index contributed by atoms with van der Waals surface area (Å²) in [6.07, 6.45) is 4.04. The number of hydrogen-bond donors (Lipinski definition) is 1. The molecular weight excluding hydrogens is 457 g/mol. The molecular formula is C25H19F3N6O. The summed E-state index contributed by atoms with van der Waals surface area (Å²) >= 11 is 0. The highest BCUT2D eigenvalue weighted by molar-refractivity contribution is 5.82. The molecule has 0 aliphatic rings. The van der Waals surface area contributed by atoms with Crippen molar-refractivity contribution < 1.29 is 13.2 Å². The first-order valence-corrected chi connectivity index (χ1v) is 10.7. The van der Waals surface area contributed by atoms with E-state index in [1.165, 1.54) is 6.07 Å². The normalized spacial score (nSPS) is 11.6. The average Bonchev–Trinajstić information content (AvgIpc) is 3.16. The van der Waals surface area contributed by atoms with Gasteiger partial charge in [-0.1, -0.05) is 12.1 Å². The Labute approximate surface area is 197 Å². The predicted octanol–water partition coefficient (Wildman–Crippen LogP) is 5.08. The number of imidazole rings is 1. The lowest BCUT2D eigenvalue weighted by atomic mass is 10.0. The van der Waals surface area contributed by atoms with Crippen LogP contribution in [0, 0.1) is 0 Å². The molecule has 1 N–H and O–H groups in total. The zero-order valence-electron chi connectivity index (χ0n) is 18.3. The molecule has 4 heterocycles. The van der Waals surface area contributed by atoms with Crippen molar-refractivity contribution in [2.75, 3.05) is 4.90 Å². The lowest BCUT2D eigenvalue weighted by molar-refractivity contribution is -0.140. The lowest BCUT2D eigenvalue weighted by Crippen LogP contribution is -2.26. The van der Waals surface area contributed by atoms with Crippen molar-refractivity contribution >= 4 is 22.4 Å². The zero-order chi connectivity index (χ0) is 24.4. The van der Waals surface area contributed by atoms with E-state index in [9.17, 15) is 18.0 Å². The number of aromatic amines is 1. The van der Waals surface area contributed by atoms with Crippen molar-refractivity contribution in [1.82, 2.24) is 24.5 Å². The lowest BCUT2D eigenvalue weighted by Gasteiger charge is -2.25. The third kappa shape index (κ3) is 4.77. The fourth-order valence-corrected chi connectivity index (χ4v) is 4.00. The third-order valence-corrected chi connectivity index (χ3v) is 5.52. The Bertz CT molecular complexity index is 1470. The van der Waals surface area contributed by atoms with E-state index in [0.717, 1.165) is 16.9 Å². The number of nitrogens with one attached hydrogen (secondary N) is 1. The molecule has 0 aliphatic carbocycles. The van der Waals surface area contributed by atoms with Gasteiger partial charge in [0.25, 0.3) is 0 Å². The van der Waals surface area contributed by atoms with Crippen LogP contribution >= 0.6 is 0 Å². The van der Waals surface area contributed by atoms with Crippen molar-refractivity contribution in [2.24, 2.45) is 0 Å². The molecule has 0 saturated carbocycles. The number of rotatable bonds is 6. The summed E-state index contributed by atoms with van der Waals surface area (Å²) in [5, 5.41) is 0. The fraction of sp³-hybridized carbons (Fsp3) is 0.120. The summed E-state index contributed by atoms with van der Waals surface area (Å²) < 4.78 is 39.5. The summed E-state index contributed by atoms with van der Waals surface area (Å²) in [5.41, 5.74) is 3.60. The van der Waals surface area contributed by atoms with Crippen LogP contribution in [0.25, 0.3) is 22.3 Å². The summed E-state index contributed by atoms with van der Waals surface area (Å²) in [7, 11) is 0. The van der Waals surface area contributed by atoms with Crippen LogP contribution in [0.2, 0.25) is 0 Å². The molecule has 0 saturated heterocycles. The number of pyridine rings is 3. The molecule has 5 rings (SSSR count). The van der Waals surface area contributed by atoms with E-state index < -0.39 is 18.4 Å². The number of benzene rings is 1. The summed E-state index contributed by atoms with van der Waals surface area (Å²) in [6, 6.07) is 16.2. The topological polar surface area (TPSA) is 79.7 Å². The number of aromatic nitrogens is 5. The predicted molar refractivity (Wildman–Crippen MR) is 126 cm³/mol. The Hall–Kier alpha value is -4.47. The van der Waals surface area contributed by atoms with Crippen LogP contribution in [0.1, 0.15) is 5.56 Å². The van der Waals surface area contributed by atoms with Gasteiger partial charge in [-0.25, -0.2) is 4.79 Å². The Morgan fingerprint density at radius 2 is 1.60 bits per heavy atom. The van der Waals surface area contributed by atoms with Crippen LogP contribution in [0.15, 0.2) is 90.4 Å². The number of halogens is 3. The highest BCUT2D eigenvalue weighted by Gasteiger charge is 2.30. The van der Waals surface area contributed by atoms with Gasteiger partial charge < -0.3 is 9.88 Å². The van der Waals surface area contributed by atoms with E-state index in [-0.39, 0.29) is 5.52 Å². The van der Waals surface area contributed by atoms with Crippen LogP contribution in [0.4, 0.5) is 24.5 Å². The standard InChI is InChI=1S/C25H19F3N6O/c26-25(27,28)16-34-22-8-7-17(12-21(22)32-24(34)35)23-18(4-1-11-31-23)15-33(19-5-2-9-29-13-19)20-6-3-10-30-14-20/h1-14H,15-16H2,(H,32,35). The van der Waals surface area contributed by atoms with Crippen molar-refractivity contribution in [3.05, 3.63) is 102 Å². The van der Waals surface area contributed by atoms with Gasteiger partial charge in [0.2, 0.25) is 0 Å². The molecule has 0 bridgehead atoms. The summed E-state index contributed by atoms with van der Waals surface area (Å²) in [6.45, 7) is -0.921. The maximum Gasteiger partial charge on any atom is 0.406 e. The van der Waals surface area contributed by atoms with Crippen LogP contribution in [-0.2, 0) is 13.1 Å². The SMILES string of the molecule is O=c1[nH]c2cc(-c3ncccc3CN(c3cccnc3)c3cccnc3)ccc2n1CC(F)(F)F. The first kappa shape index (κ1) is 22.3. The average molecular weight is 476 g/mol. The van der Waals surface area contributed by atoms with Gasteiger partial charge in [-0.2, -0.15) is 13.2 Å². The molecule has 176 valence electrons. The van der Waals surface area contributed by atoms with Crippen LogP contribution < -0.4 is 10.6 Å². The molecule has 0 fully saturated rings. The largest absolute Gasteiger partial charge is 0.406 e. The molecule has 7 nitrogen and oxygen atoms in total. The van der Waals surface area contributed by atoms with Crippen molar-refractivity contribution in [3.63, 3.8) is 0 Å². The minimum atomic E-state index is -4.51. The number of H-pyrrole nitrogens is 1. The maximum absolute atomic E-state index is 12.9. The number of anilines is 2. The molecule has 0 amide bonds. The van der Waals surface area contributed by atoms with Gasteiger partial charge in [0.1, 0.15) is 6.54 Å². The number of alkyl halides is 3. The van der Waals surface area contributed by atoms with Gasteiger partial charge in [-0.05, 0) is 48.0 Å². The molecule has 0 spiro atoms. The van der Waals surface area contributed by atoms with E-state index in [1.54, 1.807) is 43.1 Å². The second kappa shape index (κ2) is 9.05. The smallest absolute Gasteiger partial charge is 0.334 e. The Kier molecular flexibility index (Phi) is 5.77. The highest BCUT2D eigenvalue weighted by atomic mass is 19.4. The number of nitrogens with zero attached hydrogens (tertiary/aromatic N) is 5. The van der Waals surface area contributed by atoms with Gasteiger partial charge in [-0.15, -0.1) is 0 Å². The zero-order valence-corrected chi connectivity index (χ0v) is 18.3. The maximum atomic E-state index is 12.9. The molecule has 4 aromatic heterocycles. The number of hydrogen-bond acceptors (Lipinski definition) is 5.